The molecule has 4 heteroatoms. The minimum atomic E-state index is 0.256. The summed E-state index contributed by atoms with van der Waals surface area (Å²) in [5.74, 6) is 0.944. The Morgan fingerprint density at radius 3 is 2.65 bits per heavy atom. The lowest BCUT2D eigenvalue weighted by Gasteiger charge is -2.17. The summed E-state index contributed by atoms with van der Waals surface area (Å²) < 4.78 is 6.65. The van der Waals surface area contributed by atoms with Gasteiger partial charge in [0.05, 0.1) is 7.11 Å². The Labute approximate surface area is 133 Å². The van der Waals surface area contributed by atoms with Gasteiger partial charge < -0.3 is 10.1 Å². The molecule has 1 N–H and O–H groups in total. The van der Waals surface area contributed by atoms with Crippen molar-refractivity contribution in [2.75, 3.05) is 7.11 Å². The van der Waals surface area contributed by atoms with E-state index in [2.05, 4.69) is 60.2 Å². The van der Waals surface area contributed by atoms with Crippen LogP contribution >= 0.6 is 27.3 Å². The molecule has 1 aromatic heterocycles. The highest BCUT2D eigenvalue weighted by Gasteiger charge is 2.12. The van der Waals surface area contributed by atoms with Crippen LogP contribution in [0.2, 0.25) is 0 Å². The fourth-order valence-corrected chi connectivity index (χ4v) is 3.71. The molecule has 0 amide bonds. The smallest absolute Gasteiger partial charge is 0.123 e. The van der Waals surface area contributed by atoms with Crippen LogP contribution in [0, 0.1) is 13.8 Å². The van der Waals surface area contributed by atoms with E-state index in [1.165, 1.54) is 25.4 Å². The van der Waals surface area contributed by atoms with Gasteiger partial charge in [0.2, 0.25) is 0 Å². The highest BCUT2D eigenvalue weighted by molar-refractivity contribution is 9.10. The summed E-state index contributed by atoms with van der Waals surface area (Å²) in [6, 6.07) is 8.74. The molecule has 0 spiro atoms. The summed E-state index contributed by atoms with van der Waals surface area (Å²) in [5.41, 5.74) is 2.46. The monoisotopic (exact) mass is 353 g/mol. The molecular formula is C16H20BrNOS. The molecule has 1 unspecified atom stereocenters. The highest BCUT2D eigenvalue weighted by atomic mass is 79.9. The topological polar surface area (TPSA) is 21.3 Å². The second kappa shape index (κ2) is 6.74. The summed E-state index contributed by atoms with van der Waals surface area (Å²) >= 11 is 5.39. The van der Waals surface area contributed by atoms with Crippen LogP contribution in [0.15, 0.2) is 28.7 Å². The highest BCUT2D eigenvalue weighted by Crippen LogP contribution is 2.29. The van der Waals surface area contributed by atoms with Crippen LogP contribution in [0.1, 0.15) is 33.8 Å². The number of methoxy groups -OCH3 is 1. The second-order valence-corrected chi connectivity index (χ2v) is 7.16. The molecule has 1 aromatic carbocycles. The first kappa shape index (κ1) is 15.5. The van der Waals surface area contributed by atoms with Gasteiger partial charge in [-0.25, -0.2) is 0 Å². The molecule has 0 aliphatic rings. The van der Waals surface area contributed by atoms with Crippen LogP contribution in [0.5, 0.6) is 5.75 Å². The minimum Gasteiger partial charge on any atom is -0.496 e. The third-order valence-corrected chi connectivity index (χ3v) is 5.48. The SMILES string of the molecule is COc1ccc(C)cc1C(C)NCc1cc(Br)c(C)s1. The first-order valence-corrected chi connectivity index (χ1v) is 8.25. The average Bonchev–Trinajstić information content (AvgIpc) is 2.75. The van der Waals surface area contributed by atoms with Crippen molar-refractivity contribution in [3.63, 3.8) is 0 Å². The van der Waals surface area contributed by atoms with Gasteiger partial charge >= 0.3 is 0 Å². The van der Waals surface area contributed by atoms with Crippen molar-refractivity contribution < 1.29 is 4.74 Å². The Balaban J connectivity index is 2.08. The van der Waals surface area contributed by atoms with E-state index in [0.717, 1.165) is 12.3 Å². The minimum absolute atomic E-state index is 0.256. The van der Waals surface area contributed by atoms with E-state index in [0.29, 0.717) is 0 Å². The molecule has 0 aliphatic carbocycles. The molecule has 1 atom stereocenters. The molecule has 0 fully saturated rings. The molecule has 2 rings (SSSR count). The van der Waals surface area contributed by atoms with E-state index < -0.39 is 0 Å². The summed E-state index contributed by atoms with van der Waals surface area (Å²) in [6.45, 7) is 7.28. The van der Waals surface area contributed by atoms with Gasteiger partial charge in [-0.3, -0.25) is 0 Å². The summed E-state index contributed by atoms with van der Waals surface area (Å²) in [5, 5.41) is 3.57. The Hall–Kier alpha value is -0.840. The first-order chi connectivity index (χ1) is 9.51. The maximum atomic E-state index is 5.45. The molecule has 0 radical (unpaired) electrons. The van der Waals surface area contributed by atoms with Crippen molar-refractivity contribution in [1.82, 2.24) is 5.32 Å². The van der Waals surface area contributed by atoms with Crippen molar-refractivity contribution in [2.24, 2.45) is 0 Å². The van der Waals surface area contributed by atoms with Crippen LogP contribution in [0.4, 0.5) is 0 Å². The van der Waals surface area contributed by atoms with Gasteiger partial charge in [0.15, 0.2) is 0 Å². The fourth-order valence-electron chi connectivity index (χ4n) is 2.16. The molecule has 1 heterocycles. The zero-order valence-electron chi connectivity index (χ0n) is 12.3. The van der Waals surface area contributed by atoms with Gasteiger partial charge in [-0.05, 0) is 48.8 Å². The molecular weight excluding hydrogens is 334 g/mol. The second-order valence-electron chi connectivity index (χ2n) is 4.96. The van der Waals surface area contributed by atoms with Crippen molar-refractivity contribution in [3.8, 4) is 5.75 Å². The fraction of sp³-hybridized carbons (Fsp3) is 0.375. The third kappa shape index (κ3) is 3.62. The Morgan fingerprint density at radius 1 is 1.30 bits per heavy atom. The summed E-state index contributed by atoms with van der Waals surface area (Å²) in [6.07, 6.45) is 0. The average molecular weight is 354 g/mol. The Kier molecular flexibility index (Phi) is 5.24. The first-order valence-electron chi connectivity index (χ1n) is 6.64. The molecule has 2 nitrogen and oxygen atoms in total. The normalized spacial score (nSPS) is 12.4. The lowest BCUT2D eigenvalue weighted by atomic mass is 10.0. The number of ether oxygens (including phenoxy) is 1. The van der Waals surface area contributed by atoms with E-state index in [-0.39, 0.29) is 6.04 Å². The third-order valence-electron chi connectivity index (χ3n) is 3.34. The van der Waals surface area contributed by atoms with E-state index in [1.807, 2.05) is 17.4 Å². The lowest BCUT2D eigenvalue weighted by molar-refractivity contribution is 0.401. The van der Waals surface area contributed by atoms with E-state index in [1.54, 1.807) is 7.11 Å². The van der Waals surface area contributed by atoms with Crippen LogP contribution in [-0.4, -0.2) is 7.11 Å². The predicted molar refractivity (Wildman–Crippen MR) is 89.7 cm³/mol. The molecule has 0 aliphatic heterocycles. The van der Waals surface area contributed by atoms with Gasteiger partial charge in [0, 0.05) is 32.4 Å². The van der Waals surface area contributed by atoms with E-state index >= 15 is 0 Å². The van der Waals surface area contributed by atoms with Crippen LogP contribution < -0.4 is 10.1 Å². The lowest BCUT2D eigenvalue weighted by Crippen LogP contribution is -2.18. The molecule has 0 saturated heterocycles. The standard InChI is InChI=1S/C16H20BrNOS/c1-10-5-6-16(19-4)14(7-10)11(2)18-9-13-8-15(17)12(3)20-13/h5-8,11,18H,9H2,1-4H3. The van der Waals surface area contributed by atoms with E-state index in [9.17, 15) is 0 Å². The molecule has 20 heavy (non-hydrogen) atoms. The quantitative estimate of drug-likeness (QED) is 0.817. The number of aryl methyl sites for hydroxylation is 2. The van der Waals surface area contributed by atoms with Gasteiger partial charge in [-0.2, -0.15) is 0 Å². The Morgan fingerprint density at radius 2 is 2.05 bits per heavy atom. The number of benzene rings is 1. The number of rotatable bonds is 5. The van der Waals surface area contributed by atoms with Crippen LogP contribution in [-0.2, 0) is 6.54 Å². The van der Waals surface area contributed by atoms with Crippen molar-refractivity contribution in [2.45, 2.75) is 33.4 Å². The van der Waals surface area contributed by atoms with Crippen LogP contribution in [0.3, 0.4) is 0 Å². The van der Waals surface area contributed by atoms with Crippen molar-refractivity contribution in [1.29, 1.82) is 0 Å². The summed E-state index contributed by atoms with van der Waals surface area (Å²) in [4.78, 5) is 2.66. The molecule has 108 valence electrons. The molecule has 0 saturated carbocycles. The van der Waals surface area contributed by atoms with Gasteiger partial charge in [-0.1, -0.05) is 17.7 Å². The number of thiophene rings is 1. The number of hydrogen-bond acceptors (Lipinski definition) is 3. The van der Waals surface area contributed by atoms with Gasteiger partial charge in [-0.15, -0.1) is 11.3 Å². The van der Waals surface area contributed by atoms with Crippen LogP contribution in [0.25, 0.3) is 0 Å². The maximum absolute atomic E-state index is 5.45. The zero-order chi connectivity index (χ0) is 14.7. The predicted octanol–water partition coefficient (Wildman–Crippen LogP) is 4.99. The van der Waals surface area contributed by atoms with Gasteiger partial charge in [0.1, 0.15) is 5.75 Å². The maximum Gasteiger partial charge on any atom is 0.123 e. The molecule has 2 aromatic rings. The van der Waals surface area contributed by atoms with Gasteiger partial charge in [0.25, 0.3) is 0 Å². The number of hydrogen-bond donors (Lipinski definition) is 1. The Bertz CT molecular complexity index is 575. The van der Waals surface area contributed by atoms with Crippen molar-refractivity contribution >= 4 is 27.3 Å². The summed E-state index contributed by atoms with van der Waals surface area (Å²) in [7, 11) is 1.72. The van der Waals surface area contributed by atoms with Crippen molar-refractivity contribution in [3.05, 3.63) is 49.6 Å². The number of nitrogens with one attached hydrogen (secondary N) is 1. The zero-order valence-corrected chi connectivity index (χ0v) is 14.7. The number of halogens is 1. The largest absolute Gasteiger partial charge is 0.496 e. The molecule has 0 bridgehead atoms. The van der Waals surface area contributed by atoms with E-state index in [4.69, 9.17) is 4.74 Å².